The largest absolute Gasteiger partial charge is 0.462 e. The van der Waals surface area contributed by atoms with E-state index in [2.05, 4.69) is 0 Å². The number of carbonyl (C=O) groups excluding carboxylic acids is 2. The lowest BCUT2D eigenvalue weighted by atomic mass is 9.98. The molecule has 2 saturated heterocycles. The van der Waals surface area contributed by atoms with Gasteiger partial charge in [-0.05, 0) is 42.3 Å². The zero-order chi connectivity index (χ0) is 35.9. The molecule has 17 heteroatoms. The molecule has 0 aromatic heterocycles. The number of carbonyl (C=O) groups is 2. The second-order valence-electron chi connectivity index (χ2n) is 12.1. The van der Waals surface area contributed by atoms with Gasteiger partial charge < -0.3 is 74.4 Å². The fraction of sp³-hybridized carbons (Fsp3) is 0.562. The molecular weight excluding hydrogens is 656 g/mol. The van der Waals surface area contributed by atoms with Crippen LogP contribution < -0.4 is 9.47 Å². The van der Waals surface area contributed by atoms with E-state index in [0.717, 1.165) is 0 Å². The second-order valence-corrected chi connectivity index (χ2v) is 12.1. The first-order valence-electron chi connectivity index (χ1n) is 15.4. The molecular formula is C32H42O17. The minimum absolute atomic E-state index is 0.171. The number of rotatable bonds is 14. The molecule has 2 heterocycles. The van der Waals surface area contributed by atoms with Crippen molar-refractivity contribution in [2.24, 2.45) is 0 Å². The maximum absolute atomic E-state index is 12.4. The van der Waals surface area contributed by atoms with Gasteiger partial charge >= 0.3 is 11.9 Å². The van der Waals surface area contributed by atoms with Gasteiger partial charge in [-0.15, -0.1) is 0 Å². The van der Waals surface area contributed by atoms with Crippen LogP contribution in [0.4, 0.5) is 0 Å². The molecule has 0 unspecified atom stereocenters. The minimum atomic E-state index is -1.78. The third-order valence-electron chi connectivity index (χ3n) is 7.90. The van der Waals surface area contributed by atoms with Gasteiger partial charge in [-0.2, -0.15) is 0 Å². The smallest absolute Gasteiger partial charge is 0.309 e. The van der Waals surface area contributed by atoms with E-state index < -0.39 is 105 Å². The average molecular weight is 699 g/mol. The van der Waals surface area contributed by atoms with Crippen molar-refractivity contribution in [2.75, 3.05) is 13.2 Å². The molecule has 0 amide bonds. The molecule has 9 N–H and O–H groups in total. The molecule has 10 atom stereocenters. The standard InChI is InChI=1S/C32H42O17/c1-32(43,10-22(35)44-14-16-2-6-18(7-3-16)46-30-28(41)26(39)24(37)20(12-33)48-30)11-23(36)45-15-17-4-8-19(9-5-17)47-31-29(42)27(40)25(38)21(13-34)49-31/h2-9,20-21,24-31,33-34,37-43H,10-15H2,1H3/t20-,21-,24-,25-,26+,27+,28-,29-,30+,31+/m1/s1. The van der Waals surface area contributed by atoms with Crippen LogP contribution in [0, 0.1) is 0 Å². The van der Waals surface area contributed by atoms with Crippen molar-refractivity contribution in [1.29, 1.82) is 0 Å². The van der Waals surface area contributed by atoms with E-state index in [9.17, 15) is 55.5 Å². The molecule has 0 spiro atoms. The van der Waals surface area contributed by atoms with Gasteiger partial charge in [0.2, 0.25) is 12.6 Å². The van der Waals surface area contributed by atoms with Crippen LogP contribution >= 0.6 is 0 Å². The third kappa shape index (κ3) is 10.3. The summed E-state index contributed by atoms with van der Waals surface area (Å²) < 4.78 is 32.1. The van der Waals surface area contributed by atoms with Gasteiger partial charge in [0.05, 0.1) is 31.7 Å². The summed E-state index contributed by atoms with van der Waals surface area (Å²) in [5.41, 5.74) is -0.697. The molecule has 49 heavy (non-hydrogen) atoms. The predicted molar refractivity (Wildman–Crippen MR) is 161 cm³/mol. The summed E-state index contributed by atoms with van der Waals surface area (Å²) in [6.07, 6.45) is -15.4. The summed E-state index contributed by atoms with van der Waals surface area (Å²) in [6, 6.07) is 12.1. The first kappa shape index (κ1) is 38.3. The van der Waals surface area contributed by atoms with Gasteiger partial charge in [0.15, 0.2) is 0 Å². The van der Waals surface area contributed by atoms with Crippen LogP contribution in [0.1, 0.15) is 30.9 Å². The van der Waals surface area contributed by atoms with E-state index in [0.29, 0.717) is 11.1 Å². The molecule has 17 nitrogen and oxygen atoms in total. The maximum atomic E-state index is 12.4. The first-order chi connectivity index (χ1) is 23.2. The fourth-order valence-corrected chi connectivity index (χ4v) is 5.04. The quantitative estimate of drug-likeness (QED) is 0.0913. The zero-order valence-corrected chi connectivity index (χ0v) is 26.4. The van der Waals surface area contributed by atoms with Crippen LogP contribution in [0.15, 0.2) is 48.5 Å². The normalized spacial score (nSPS) is 30.3. The van der Waals surface area contributed by atoms with Crippen LogP contribution in [-0.2, 0) is 41.8 Å². The summed E-state index contributed by atoms with van der Waals surface area (Å²) >= 11 is 0. The molecule has 0 bridgehead atoms. The zero-order valence-electron chi connectivity index (χ0n) is 26.4. The van der Waals surface area contributed by atoms with Gasteiger partial charge in [-0.3, -0.25) is 9.59 Å². The highest BCUT2D eigenvalue weighted by Crippen LogP contribution is 2.26. The molecule has 0 saturated carbocycles. The number of hydrogen-bond acceptors (Lipinski definition) is 17. The van der Waals surface area contributed by atoms with Crippen molar-refractivity contribution in [3.8, 4) is 11.5 Å². The van der Waals surface area contributed by atoms with Gasteiger partial charge in [0.1, 0.15) is 73.5 Å². The Hall–Kier alpha value is -3.46. The lowest BCUT2D eigenvalue weighted by molar-refractivity contribution is -0.277. The summed E-state index contributed by atoms with van der Waals surface area (Å²) in [5.74, 6) is -1.12. The highest BCUT2D eigenvalue weighted by molar-refractivity contribution is 5.74. The average Bonchev–Trinajstić information content (AvgIpc) is 3.07. The second kappa shape index (κ2) is 17.0. The van der Waals surface area contributed by atoms with Crippen LogP contribution in [0.2, 0.25) is 0 Å². The SMILES string of the molecule is CC(O)(CC(=O)OCc1ccc(O[C@H]2O[C@H](CO)[C@@H](O)[C@H](O)[C@H]2O)cc1)CC(=O)OCc1ccc(O[C@H]2O[C@H](CO)[C@@H](O)[C@H](O)[C@H]2O)cc1. The molecule has 2 aromatic carbocycles. The Bertz CT molecular complexity index is 1250. The van der Waals surface area contributed by atoms with Crippen LogP contribution in [0.5, 0.6) is 11.5 Å². The molecule has 4 rings (SSSR count). The highest BCUT2D eigenvalue weighted by Gasteiger charge is 2.45. The van der Waals surface area contributed by atoms with Crippen molar-refractivity contribution in [1.82, 2.24) is 0 Å². The number of aliphatic hydroxyl groups is 9. The number of aliphatic hydroxyl groups excluding tert-OH is 8. The molecule has 2 aliphatic heterocycles. The van der Waals surface area contributed by atoms with E-state index in [1.54, 1.807) is 24.3 Å². The highest BCUT2D eigenvalue weighted by atomic mass is 16.7. The Balaban J connectivity index is 1.17. The third-order valence-corrected chi connectivity index (χ3v) is 7.90. The van der Waals surface area contributed by atoms with E-state index in [4.69, 9.17) is 28.4 Å². The Labute approximate surface area is 280 Å². The van der Waals surface area contributed by atoms with E-state index in [1.807, 2.05) is 0 Å². The van der Waals surface area contributed by atoms with Crippen molar-refractivity contribution >= 4 is 11.9 Å². The Morgan fingerprint density at radius 1 is 0.612 bits per heavy atom. The Morgan fingerprint density at radius 2 is 0.959 bits per heavy atom. The molecule has 0 aliphatic carbocycles. The monoisotopic (exact) mass is 698 g/mol. The van der Waals surface area contributed by atoms with Crippen LogP contribution in [0.25, 0.3) is 0 Å². The van der Waals surface area contributed by atoms with Crippen molar-refractivity contribution in [3.63, 3.8) is 0 Å². The van der Waals surface area contributed by atoms with Crippen molar-refractivity contribution < 1.29 is 84.0 Å². The van der Waals surface area contributed by atoms with Crippen molar-refractivity contribution in [2.45, 2.75) is 100.0 Å². The summed E-state index contributed by atoms with van der Waals surface area (Å²) in [5, 5.41) is 89.0. The van der Waals surface area contributed by atoms with Gasteiger partial charge in [0, 0.05) is 0 Å². The summed E-state index contributed by atoms with van der Waals surface area (Å²) in [6.45, 7) is -0.262. The number of hydrogen-bond donors (Lipinski definition) is 9. The van der Waals surface area contributed by atoms with Crippen molar-refractivity contribution in [3.05, 3.63) is 59.7 Å². The molecule has 2 aromatic rings. The molecule has 2 aliphatic rings. The van der Waals surface area contributed by atoms with Crippen LogP contribution in [-0.4, -0.2) is 138 Å². The minimum Gasteiger partial charge on any atom is -0.462 e. The van der Waals surface area contributed by atoms with Gasteiger partial charge in [-0.1, -0.05) is 24.3 Å². The summed E-state index contributed by atoms with van der Waals surface area (Å²) in [4.78, 5) is 24.8. The lowest BCUT2D eigenvalue weighted by Crippen LogP contribution is -2.60. The predicted octanol–water partition coefficient (Wildman–Crippen LogP) is -2.64. The molecule has 2 fully saturated rings. The van der Waals surface area contributed by atoms with Gasteiger partial charge in [-0.25, -0.2) is 0 Å². The number of esters is 2. The fourth-order valence-electron chi connectivity index (χ4n) is 5.04. The van der Waals surface area contributed by atoms with Crippen LogP contribution in [0.3, 0.4) is 0 Å². The first-order valence-corrected chi connectivity index (χ1v) is 15.4. The van der Waals surface area contributed by atoms with Gasteiger partial charge in [0.25, 0.3) is 0 Å². The Kier molecular flexibility index (Phi) is 13.3. The summed E-state index contributed by atoms with van der Waals surface area (Å²) in [7, 11) is 0. The van der Waals surface area contributed by atoms with E-state index in [-0.39, 0.29) is 24.7 Å². The lowest BCUT2D eigenvalue weighted by Gasteiger charge is -2.39. The molecule has 0 radical (unpaired) electrons. The number of ether oxygens (including phenoxy) is 6. The Morgan fingerprint density at radius 3 is 1.29 bits per heavy atom. The topological polar surface area (TPSA) is 272 Å². The maximum Gasteiger partial charge on any atom is 0.309 e. The number of benzene rings is 2. The van der Waals surface area contributed by atoms with E-state index >= 15 is 0 Å². The molecule has 272 valence electrons. The van der Waals surface area contributed by atoms with E-state index in [1.165, 1.54) is 31.2 Å².